The topological polar surface area (TPSA) is 78.9 Å². The molecule has 0 aromatic heterocycles. The van der Waals surface area contributed by atoms with E-state index in [0.29, 0.717) is 19.3 Å². The summed E-state index contributed by atoms with van der Waals surface area (Å²) in [5.74, 6) is -0.861. The monoisotopic (exact) mass is 1120 g/mol. The van der Waals surface area contributed by atoms with Crippen LogP contribution in [0.15, 0.2) is 48.6 Å². The number of allylic oxidation sites excluding steroid dienone is 8. The molecular weight excluding hydrogens is 985 g/mol. The Morgan fingerprint density at radius 1 is 0.250 bits per heavy atom. The Hall–Kier alpha value is -2.63. The van der Waals surface area contributed by atoms with Crippen LogP contribution >= 0.6 is 0 Å². The van der Waals surface area contributed by atoms with E-state index < -0.39 is 6.10 Å². The molecule has 0 fully saturated rings. The number of carbonyl (C=O) groups excluding carboxylic acids is 3. The SMILES string of the molecule is CCCCC/C=C\C/C=C\C/C=C\CCCCCCCCC(=O)OCC(COC(=O)CCCCCCCCCCCCCCCCCCCCCCCC)OC(=O)CCCCCCCCCCC/C=C\CCCCCCCCCC. The minimum Gasteiger partial charge on any atom is -0.462 e. The molecule has 0 aliphatic heterocycles. The van der Waals surface area contributed by atoms with Crippen molar-refractivity contribution in [1.29, 1.82) is 0 Å². The van der Waals surface area contributed by atoms with Crippen molar-refractivity contribution in [2.24, 2.45) is 0 Å². The molecule has 0 aromatic carbocycles. The van der Waals surface area contributed by atoms with Gasteiger partial charge in [0.2, 0.25) is 0 Å². The summed E-state index contributed by atoms with van der Waals surface area (Å²) < 4.78 is 17.0. The Bertz CT molecular complexity index is 1380. The first-order valence-electron chi connectivity index (χ1n) is 35.6. The maximum absolute atomic E-state index is 13.0. The predicted molar refractivity (Wildman–Crippen MR) is 349 cm³/mol. The van der Waals surface area contributed by atoms with Crippen molar-refractivity contribution in [2.75, 3.05) is 13.2 Å². The van der Waals surface area contributed by atoms with E-state index in [2.05, 4.69) is 69.4 Å². The second kappa shape index (κ2) is 68.9. The lowest BCUT2D eigenvalue weighted by atomic mass is 10.0. The van der Waals surface area contributed by atoms with E-state index in [1.807, 2.05) is 0 Å². The van der Waals surface area contributed by atoms with Crippen molar-refractivity contribution in [3.63, 3.8) is 0 Å². The van der Waals surface area contributed by atoms with Gasteiger partial charge in [-0.3, -0.25) is 14.4 Å². The van der Waals surface area contributed by atoms with Crippen LogP contribution in [-0.2, 0) is 28.6 Å². The zero-order valence-electron chi connectivity index (χ0n) is 53.9. The molecule has 0 radical (unpaired) electrons. The van der Waals surface area contributed by atoms with Crippen LogP contribution in [0.3, 0.4) is 0 Å². The van der Waals surface area contributed by atoms with Gasteiger partial charge in [-0.1, -0.05) is 333 Å². The van der Waals surface area contributed by atoms with Crippen molar-refractivity contribution in [3.8, 4) is 0 Å². The zero-order valence-corrected chi connectivity index (χ0v) is 53.9. The fourth-order valence-corrected chi connectivity index (χ4v) is 10.7. The van der Waals surface area contributed by atoms with Gasteiger partial charge in [0.05, 0.1) is 0 Å². The van der Waals surface area contributed by atoms with Gasteiger partial charge in [-0.05, 0) is 83.5 Å². The number of rotatable bonds is 66. The molecule has 0 saturated carbocycles. The standard InChI is InChI=1S/C74H136O6/c1-4-7-10-13-16-19-22-25-28-31-34-36-38-40-43-46-49-52-55-58-61-64-67-73(76)79-70-71(69-78-72(75)66-63-60-57-54-51-48-45-42-39-33-30-27-24-21-18-15-12-9-6-3)80-74(77)68-65-62-59-56-53-50-47-44-41-37-35-32-29-26-23-20-17-14-11-8-5-2/h18,21,27,30,32,35,39,42,71H,4-17,19-20,22-26,28-29,31,33-34,36-38,40-41,43-70H2,1-3H3/b21-18-,30-27-,35-32-,42-39-. The third-order valence-electron chi connectivity index (χ3n) is 16.1. The van der Waals surface area contributed by atoms with Crippen LogP contribution in [0.2, 0.25) is 0 Å². The molecule has 80 heavy (non-hydrogen) atoms. The molecule has 6 heteroatoms. The van der Waals surface area contributed by atoms with Crippen molar-refractivity contribution in [3.05, 3.63) is 48.6 Å². The summed E-state index contributed by atoms with van der Waals surface area (Å²) in [5.41, 5.74) is 0. The van der Waals surface area contributed by atoms with E-state index in [1.54, 1.807) is 0 Å². The molecule has 0 saturated heterocycles. The maximum atomic E-state index is 13.0. The maximum Gasteiger partial charge on any atom is 0.306 e. The molecule has 0 N–H and O–H groups in total. The summed E-state index contributed by atoms with van der Waals surface area (Å²) in [5, 5.41) is 0. The first-order chi connectivity index (χ1) is 39.5. The van der Waals surface area contributed by atoms with E-state index in [9.17, 15) is 14.4 Å². The summed E-state index contributed by atoms with van der Waals surface area (Å²) in [6.45, 7) is 6.67. The van der Waals surface area contributed by atoms with Gasteiger partial charge in [-0.2, -0.15) is 0 Å². The van der Waals surface area contributed by atoms with Gasteiger partial charge in [-0.15, -0.1) is 0 Å². The molecule has 0 spiro atoms. The van der Waals surface area contributed by atoms with Crippen LogP contribution in [0.4, 0.5) is 0 Å². The van der Waals surface area contributed by atoms with E-state index >= 15 is 0 Å². The number of carbonyl (C=O) groups is 3. The number of hydrogen-bond acceptors (Lipinski definition) is 6. The minimum atomic E-state index is -0.780. The Morgan fingerprint density at radius 3 is 0.738 bits per heavy atom. The van der Waals surface area contributed by atoms with Crippen LogP contribution in [0.1, 0.15) is 387 Å². The quantitative estimate of drug-likeness (QED) is 0.0261. The van der Waals surface area contributed by atoms with Gasteiger partial charge >= 0.3 is 17.9 Å². The molecule has 6 nitrogen and oxygen atoms in total. The Kier molecular flexibility index (Phi) is 66.6. The van der Waals surface area contributed by atoms with E-state index in [0.717, 1.165) is 77.0 Å². The van der Waals surface area contributed by atoms with Crippen LogP contribution in [0, 0.1) is 0 Å². The second-order valence-electron chi connectivity index (χ2n) is 24.1. The third-order valence-corrected chi connectivity index (χ3v) is 16.1. The zero-order chi connectivity index (χ0) is 57.8. The van der Waals surface area contributed by atoms with Crippen molar-refractivity contribution < 1.29 is 28.6 Å². The van der Waals surface area contributed by atoms with Crippen LogP contribution in [0.5, 0.6) is 0 Å². The molecule has 0 aliphatic carbocycles. The summed E-state index contributed by atoms with van der Waals surface area (Å²) in [6, 6.07) is 0. The molecule has 0 aromatic rings. The highest BCUT2D eigenvalue weighted by Gasteiger charge is 2.19. The first-order valence-corrected chi connectivity index (χ1v) is 35.6. The lowest BCUT2D eigenvalue weighted by Gasteiger charge is -2.18. The smallest absolute Gasteiger partial charge is 0.306 e. The molecule has 0 rings (SSSR count). The number of hydrogen-bond donors (Lipinski definition) is 0. The summed E-state index contributed by atoms with van der Waals surface area (Å²) in [7, 11) is 0. The van der Waals surface area contributed by atoms with Crippen LogP contribution in [0.25, 0.3) is 0 Å². The van der Waals surface area contributed by atoms with Gasteiger partial charge in [0, 0.05) is 19.3 Å². The number of esters is 3. The lowest BCUT2D eigenvalue weighted by Crippen LogP contribution is -2.30. The van der Waals surface area contributed by atoms with Crippen molar-refractivity contribution in [2.45, 2.75) is 393 Å². The molecule has 1 atom stereocenters. The van der Waals surface area contributed by atoms with Crippen LogP contribution < -0.4 is 0 Å². The second-order valence-corrected chi connectivity index (χ2v) is 24.1. The molecular formula is C74H136O6. The fraction of sp³-hybridized carbons (Fsp3) is 0.851. The van der Waals surface area contributed by atoms with Gasteiger partial charge in [-0.25, -0.2) is 0 Å². The molecule has 468 valence electrons. The first kappa shape index (κ1) is 77.4. The van der Waals surface area contributed by atoms with Gasteiger partial charge < -0.3 is 14.2 Å². The fourth-order valence-electron chi connectivity index (χ4n) is 10.7. The van der Waals surface area contributed by atoms with Gasteiger partial charge in [0.15, 0.2) is 6.10 Å². The summed E-state index contributed by atoms with van der Waals surface area (Å²) >= 11 is 0. The predicted octanol–water partition coefficient (Wildman–Crippen LogP) is 24.5. The molecule has 0 bridgehead atoms. The van der Waals surface area contributed by atoms with Crippen molar-refractivity contribution in [1.82, 2.24) is 0 Å². The number of unbranched alkanes of at least 4 members (excludes halogenated alkanes) is 47. The Morgan fingerprint density at radius 2 is 0.450 bits per heavy atom. The third kappa shape index (κ3) is 66.2. The van der Waals surface area contributed by atoms with E-state index in [-0.39, 0.29) is 31.1 Å². The highest BCUT2D eigenvalue weighted by Crippen LogP contribution is 2.18. The van der Waals surface area contributed by atoms with Gasteiger partial charge in [0.25, 0.3) is 0 Å². The Labute approximate surface area is 498 Å². The number of ether oxygens (including phenoxy) is 3. The average Bonchev–Trinajstić information content (AvgIpc) is 3.46. The van der Waals surface area contributed by atoms with E-state index in [1.165, 1.54) is 270 Å². The lowest BCUT2D eigenvalue weighted by molar-refractivity contribution is -0.167. The summed E-state index contributed by atoms with van der Waals surface area (Å²) in [6.07, 6.45) is 87.0. The highest BCUT2D eigenvalue weighted by molar-refractivity contribution is 5.71. The molecule has 1 unspecified atom stereocenters. The molecule has 0 aliphatic rings. The molecule has 0 amide bonds. The largest absolute Gasteiger partial charge is 0.462 e. The average molecular weight is 1120 g/mol. The van der Waals surface area contributed by atoms with Crippen molar-refractivity contribution >= 4 is 17.9 Å². The highest BCUT2D eigenvalue weighted by atomic mass is 16.6. The molecule has 0 heterocycles. The minimum absolute atomic E-state index is 0.0739. The van der Waals surface area contributed by atoms with Crippen LogP contribution in [-0.4, -0.2) is 37.2 Å². The summed E-state index contributed by atoms with van der Waals surface area (Å²) in [4.78, 5) is 38.5. The van der Waals surface area contributed by atoms with E-state index in [4.69, 9.17) is 14.2 Å². The Balaban J connectivity index is 4.34. The normalized spacial score (nSPS) is 12.3. The van der Waals surface area contributed by atoms with Gasteiger partial charge in [0.1, 0.15) is 13.2 Å².